The molecule has 0 aromatic heterocycles. The van der Waals surface area contributed by atoms with Gasteiger partial charge in [0, 0.05) is 12.6 Å². The van der Waals surface area contributed by atoms with E-state index in [1.807, 2.05) is 0 Å². The van der Waals surface area contributed by atoms with Gasteiger partial charge in [-0.1, -0.05) is 13.8 Å². The monoisotopic (exact) mass is 228 g/mol. The molecule has 0 aromatic rings. The molecular formula is C12H24N2O2. The van der Waals surface area contributed by atoms with Crippen LogP contribution in [-0.2, 0) is 4.79 Å². The van der Waals surface area contributed by atoms with E-state index in [0.717, 1.165) is 12.5 Å². The number of nitrogens with one attached hydrogen (secondary N) is 2. The minimum atomic E-state index is 0.0350. The van der Waals surface area contributed by atoms with Crippen LogP contribution in [0.1, 0.15) is 33.1 Å². The largest absolute Gasteiger partial charge is 0.396 e. The topological polar surface area (TPSA) is 61.4 Å². The molecule has 1 unspecified atom stereocenters. The van der Waals surface area contributed by atoms with E-state index < -0.39 is 0 Å². The van der Waals surface area contributed by atoms with Crippen LogP contribution in [0.25, 0.3) is 0 Å². The number of amides is 1. The predicted molar refractivity (Wildman–Crippen MR) is 64.1 cm³/mol. The highest BCUT2D eigenvalue weighted by atomic mass is 16.3. The van der Waals surface area contributed by atoms with Crippen LogP contribution in [0.4, 0.5) is 0 Å². The van der Waals surface area contributed by atoms with Crippen LogP contribution in [0, 0.1) is 11.8 Å². The van der Waals surface area contributed by atoms with Gasteiger partial charge in [0.15, 0.2) is 0 Å². The summed E-state index contributed by atoms with van der Waals surface area (Å²) in [7, 11) is 0. The Kier molecular flexibility index (Phi) is 5.77. The van der Waals surface area contributed by atoms with Gasteiger partial charge in [-0.05, 0) is 37.6 Å². The van der Waals surface area contributed by atoms with Crippen molar-refractivity contribution >= 4 is 5.91 Å². The van der Waals surface area contributed by atoms with E-state index in [0.29, 0.717) is 18.9 Å². The Hall–Kier alpha value is -0.610. The van der Waals surface area contributed by atoms with Gasteiger partial charge in [-0.3, -0.25) is 4.79 Å². The molecule has 16 heavy (non-hydrogen) atoms. The van der Waals surface area contributed by atoms with E-state index in [-0.39, 0.29) is 18.6 Å². The molecule has 0 bridgehead atoms. The van der Waals surface area contributed by atoms with Crippen molar-refractivity contribution < 1.29 is 9.90 Å². The Morgan fingerprint density at radius 2 is 2.12 bits per heavy atom. The normalized spacial score (nSPS) is 17.5. The van der Waals surface area contributed by atoms with Gasteiger partial charge in [0.1, 0.15) is 0 Å². The fourth-order valence-electron chi connectivity index (χ4n) is 1.68. The summed E-state index contributed by atoms with van der Waals surface area (Å²) in [4.78, 5) is 11.6. The molecule has 0 aromatic carbocycles. The van der Waals surface area contributed by atoms with E-state index >= 15 is 0 Å². The standard InChI is InChI=1S/C12H24N2O2/c1-9(2)11(5-6-15)14-12(16)8-13-7-10-3-4-10/h9-11,13,15H,3-8H2,1-2H3,(H,14,16). The molecule has 1 aliphatic rings. The van der Waals surface area contributed by atoms with Crippen LogP contribution in [-0.4, -0.2) is 36.8 Å². The lowest BCUT2D eigenvalue weighted by Crippen LogP contribution is -2.43. The lowest BCUT2D eigenvalue weighted by atomic mass is 10.0. The SMILES string of the molecule is CC(C)C(CCO)NC(=O)CNCC1CC1. The fourth-order valence-corrected chi connectivity index (χ4v) is 1.68. The molecule has 1 fully saturated rings. The number of aliphatic hydroxyl groups excluding tert-OH is 1. The third-order valence-corrected chi connectivity index (χ3v) is 3.01. The van der Waals surface area contributed by atoms with Gasteiger partial charge >= 0.3 is 0 Å². The molecule has 1 aliphatic carbocycles. The van der Waals surface area contributed by atoms with Crippen LogP contribution in [0.2, 0.25) is 0 Å². The molecule has 1 rings (SSSR count). The van der Waals surface area contributed by atoms with Crippen molar-refractivity contribution in [3.05, 3.63) is 0 Å². The minimum absolute atomic E-state index is 0.0350. The van der Waals surface area contributed by atoms with E-state index in [1.54, 1.807) is 0 Å². The van der Waals surface area contributed by atoms with Gasteiger partial charge in [-0.2, -0.15) is 0 Å². The zero-order valence-electron chi connectivity index (χ0n) is 10.3. The van der Waals surface area contributed by atoms with Crippen molar-refractivity contribution in [2.75, 3.05) is 19.7 Å². The molecule has 0 aliphatic heterocycles. The van der Waals surface area contributed by atoms with Crippen molar-refractivity contribution in [2.45, 2.75) is 39.2 Å². The number of carbonyl (C=O) groups excluding carboxylic acids is 1. The summed E-state index contributed by atoms with van der Waals surface area (Å²) in [6, 6.07) is 0.0835. The van der Waals surface area contributed by atoms with Crippen LogP contribution < -0.4 is 10.6 Å². The van der Waals surface area contributed by atoms with Crippen LogP contribution >= 0.6 is 0 Å². The first-order valence-corrected chi connectivity index (χ1v) is 6.24. The van der Waals surface area contributed by atoms with E-state index in [1.165, 1.54) is 12.8 Å². The van der Waals surface area contributed by atoms with Crippen molar-refractivity contribution in [2.24, 2.45) is 11.8 Å². The highest BCUT2D eigenvalue weighted by Crippen LogP contribution is 2.27. The second-order valence-electron chi connectivity index (χ2n) is 5.00. The quantitative estimate of drug-likeness (QED) is 0.567. The zero-order chi connectivity index (χ0) is 12.0. The summed E-state index contributed by atoms with van der Waals surface area (Å²) in [5.74, 6) is 1.19. The Balaban J connectivity index is 2.13. The minimum Gasteiger partial charge on any atom is -0.396 e. The molecule has 3 N–H and O–H groups in total. The van der Waals surface area contributed by atoms with Gasteiger partial charge < -0.3 is 15.7 Å². The second-order valence-corrected chi connectivity index (χ2v) is 5.00. The first kappa shape index (κ1) is 13.5. The lowest BCUT2D eigenvalue weighted by molar-refractivity contribution is -0.121. The Labute approximate surface area is 97.8 Å². The summed E-state index contributed by atoms with van der Waals surface area (Å²) in [5, 5.41) is 15.0. The lowest BCUT2D eigenvalue weighted by Gasteiger charge is -2.21. The third-order valence-electron chi connectivity index (χ3n) is 3.01. The zero-order valence-corrected chi connectivity index (χ0v) is 10.3. The number of rotatable bonds is 8. The average molecular weight is 228 g/mol. The number of hydrogen-bond acceptors (Lipinski definition) is 3. The van der Waals surface area contributed by atoms with Crippen LogP contribution in [0.15, 0.2) is 0 Å². The van der Waals surface area contributed by atoms with Crippen LogP contribution in [0.5, 0.6) is 0 Å². The van der Waals surface area contributed by atoms with Gasteiger partial charge in [-0.15, -0.1) is 0 Å². The summed E-state index contributed by atoms with van der Waals surface area (Å²) in [6.45, 7) is 5.58. The number of hydrogen-bond donors (Lipinski definition) is 3. The highest BCUT2D eigenvalue weighted by molar-refractivity contribution is 5.78. The van der Waals surface area contributed by atoms with Crippen molar-refractivity contribution in [3.63, 3.8) is 0 Å². The molecule has 1 amide bonds. The van der Waals surface area contributed by atoms with E-state index in [2.05, 4.69) is 24.5 Å². The summed E-state index contributed by atoms with van der Waals surface area (Å²) in [5.41, 5.74) is 0. The summed E-state index contributed by atoms with van der Waals surface area (Å²) >= 11 is 0. The Morgan fingerprint density at radius 3 is 2.62 bits per heavy atom. The third kappa shape index (κ3) is 5.47. The Bertz CT molecular complexity index is 215. The van der Waals surface area contributed by atoms with E-state index in [4.69, 9.17) is 5.11 Å². The maximum absolute atomic E-state index is 11.6. The molecule has 0 saturated heterocycles. The van der Waals surface area contributed by atoms with Crippen molar-refractivity contribution in [3.8, 4) is 0 Å². The number of aliphatic hydroxyl groups is 1. The average Bonchev–Trinajstić information content (AvgIpc) is 3.01. The molecule has 0 spiro atoms. The van der Waals surface area contributed by atoms with Crippen LogP contribution in [0.3, 0.4) is 0 Å². The molecule has 1 atom stereocenters. The summed E-state index contributed by atoms with van der Waals surface area (Å²) in [6.07, 6.45) is 3.23. The Morgan fingerprint density at radius 1 is 1.44 bits per heavy atom. The molecule has 4 nitrogen and oxygen atoms in total. The van der Waals surface area contributed by atoms with Crippen molar-refractivity contribution in [1.82, 2.24) is 10.6 Å². The molecule has 1 saturated carbocycles. The molecule has 0 radical (unpaired) electrons. The van der Waals surface area contributed by atoms with Gasteiger partial charge in [0.2, 0.25) is 5.91 Å². The molecule has 94 valence electrons. The summed E-state index contributed by atoms with van der Waals surface area (Å²) < 4.78 is 0. The highest BCUT2D eigenvalue weighted by Gasteiger charge is 2.21. The molecule has 0 heterocycles. The predicted octanol–water partition coefficient (Wildman–Crippen LogP) is 0.509. The maximum Gasteiger partial charge on any atom is 0.234 e. The van der Waals surface area contributed by atoms with Crippen molar-refractivity contribution in [1.29, 1.82) is 0 Å². The molecular weight excluding hydrogens is 204 g/mol. The van der Waals surface area contributed by atoms with E-state index in [9.17, 15) is 4.79 Å². The molecule has 4 heteroatoms. The number of carbonyl (C=O) groups is 1. The van der Waals surface area contributed by atoms with Gasteiger partial charge in [-0.25, -0.2) is 0 Å². The fraction of sp³-hybridized carbons (Fsp3) is 0.917. The first-order valence-electron chi connectivity index (χ1n) is 6.24. The maximum atomic E-state index is 11.6. The first-order chi connectivity index (χ1) is 7.63. The van der Waals surface area contributed by atoms with Gasteiger partial charge in [0.05, 0.1) is 6.54 Å². The second kappa shape index (κ2) is 6.86. The smallest absolute Gasteiger partial charge is 0.234 e. The van der Waals surface area contributed by atoms with Gasteiger partial charge in [0.25, 0.3) is 0 Å².